The molecule has 0 saturated carbocycles. The van der Waals surface area contributed by atoms with E-state index in [-0.39, 0.29) is 18.3 Å². The minimum atomic E-state index is 0. The van der Waals surface area contributed by atoms with Crippen molar-refractivity contribution < 1.29 is 4.79 Å². The molecule has 1 amide bonds. The Balaban J connectivity index is 0.00000180. The van der Waals surface area contributed by atoms with E-state index in [1.807, 2.05) is 19.1 Å². The molecule has 0 unspecified atom stereocenters. The fourth-order valence-electron chi connectivity index (χ4n) is 2.08. The van der Waals surface area contributed by atoms with Gasteiger partial charge in [0, 0.05) is 37.6 Å². The molecule has 1 aliphatic rings. The average molecular weight is 304 g/mol. The van der Waals surface area contributed by atoms with Crippen LogP contribution in [0, 0.1) is 6.92 Å². The normalized spacial score (nSPS) is 15.8. The first-order chi connectivity index (χ1) is 8.75. The van der Waals surface area contributed by atoms with Gasteiger partial charge in [-0.2, -0.15) is 0 Å². The van der Waals surface area contributed by atoms with E-state index in [0.29, 0.717) is 0 Å². The van der Waals surface area contributed by atoms with Crippen LogP contribution in [0.1, 0.15) is 21.0 Å². The number of nitrogens with zero attached hydrogens (tertiary/aromatic N) is 1. The molecule has 0 aliphatic carbocycles. The third-order valence-corrected chi connectivity index (χ3v) is 4.11. The van der Waals surface area contributed by atoms with Crippen molar-refractivity contribution in [3.05, 3.63) is 21.9 Å². The van der Waals surface area contributed by atoms with Crippen molar-refractivity contribution in [3.63, 3.8) is 0 Å². The molecule has 1 saturated heterocycles. The van der Waals surface area contributed by atoms with Crippen molar-refractivity contribution in [1.29, 1.82) is 0 Å². The first-order valence-electron chi connectivity index (χ1n) is 6.53. The molecule has 1 aromatic rings. The quantitative estimate of drug-likeness (QED) is 0.810. The average Bonchev–Trinajstić information content (AvgIpc) is 2.82. The predicted molar refractivity (Wildman–Crippen MR) is 82.6 cm³/mol. The Labute approximate surface area is 125 Å². The first kappa shape index (κ1) is 16.4. The zero-order valence-electron chi connectivity index (χ0n) is 11.3. The van der Waals surface area contributed by atoms with E-state index in [1.54, 1.807) is 11.3 Å². The van der Waals surface area contributed by atoms with Crippen molar-refractivity contribution >= 4 is 29.7 Å². The summed E-state index contributed by atoms with van der Waals surface area (Å²) in [6.45, 7) is 8.27. The monoisotopic (exact) mass is 303 g/mol. The Kier molecular flexibility index (Phi) is 7.38. The van der Waals surface area contributed by atoms with Gasteiger partial charge in [-0.1, -0.05) is 0 Å². The lowest BCUT2D eigenvalue weighted by Gasteiger charge is -2.27. The second-order valence-corrected chi connectivity index (χ2v) is 5.90. The molecule has 2 heterocycles. The van der Waals surface area contributed by atoms with Gasteiger partial charge in [-0.05, 0) is 32.0 Å². The molecule has 0 atom stereocenters. The highest BCUT2D eigenvalue weighted by atomic mass is 35.5. The Morgan fingerprint density at radius 2 is 2.16 bits per heavy atom. The second-order valence-electron chi connectivity index (χ2n) is 4.61. The number of rotatable bonds is 5. The third-order valence-electron chi connectivity index (χ3n) is 3.11. The second kappa shape index (κ2) is 8.53. The van der Waals surface area contributed by atoms with Gasteiger partial charge in [0.25, 0.3) is 5.91 Å². The first-order valence-corrected chi connectivity index (χ1v) is 7.35. The summed E-state index contributed by atoms with van der Waals surface area (Å²) in [5.41, 5.74) is 0. The predicted octanol–water partition coefficient (Wildman–Crippen LogP) is 1.50. The van der Waals surface area contributed by atoms with E-state index < -0.39 is 0 Å². The summed E-state index contributed by atoms with van der Waals surface area (Å²) in [5, 5.41) is 6.32. The van der Waals surface area contributed by atoms with Gasteiger partial charge in [0.15, 0.2) is 0 Å². The van der Waals surface area contributed by atoms with Crippen molar-refractivity contribution in [2.45, 2.75) is 13.3 Å². The molecule has 0 radical (unpaired) electrons. The fourth-order valence-corrected chi connectivity index (χ4v) is 2.87. The summed E-state index contributed by atoms with van der Waals surface area (Å²) in [5.74, 6) is 0.0633. The molecular formula is C13H22ClN3OS. The maximum Gasteiger partial charge on any atom is 0.261 e. The maximum absolute atomic E-state index is 11.8. The van der Waals surface area contributed by atoms with Gasteiger partial charge in [-0.15, -0.1) is 23.7 Å². The molecule has 2 rings (SSSR count). The summed E-state index contributed by atoms with van der Waals surface area (Å²) in [4.78, 5) is 16.2. The fraction of sp³-hybridized carbons (Fsp3) is 0.615. The molecule has 6 heteroatoms. The number of nitrogens with one attached hydrogen (secondary N) is 2. The number of hydrogen-bond donors (Lipinski definition) is 2. The van der Waals surface area contributed by atoms with Crippen LogP contribution in [-0.2, 0) is 0 Å². The Morgan fingerprint density at radius 3 is 2.79 bits per heavy atom. The van der Waals surface area contributed by atoms with Gasteiger partial charge in [0.1, 0.15) is 0 Å². The third kappa shape index (κ3) is 5.48. The van der Waals surface area contributed by atoms with E-state index in [4.69, 9.17) is 0 Å². The van der Waals surface area contributed by atoms with Crippen LogP contribution in [-0.4, -0.2) is 50.1 Å². The van der Waals surface area contributed by atoms with Crippen molar-refractivity contribution in [2.24, 2.45) is 0 Å². The van der Waals surface area contributed by atoms with Gasteiger partial charge >= 0.3 is 0 Å². The van der Waals surface area contributed by atoms with Crippen LogP contribution in [0.2, 0.25) is 0 Å². The van der Waals surface area contributed by atoms with Crippen LogP contribution in [0.25, 0.3) is 0 Å². The maximum atomic E-state index is 11.8. The van der Waals surface area contributed by atoms with Gasteiger partial charge in [0.05, 0.1) is 4.88 Å². The Morgan fingerprint density at radius 1 is 1.42 bits per heavy atom. The lowest BCUT2D eigenvalue weighted by Crippen LogP contribution is -2.44. The Hall–Kier alpha value is -0.620. The molecule has 1 fully saturated rings. The van der Waals surface area contributed by atoms with Gasteiger partial charge < -0.3 is 15.5 Å². The van der Waals surface area contributed by atoms with Crippen LogP contribution >= 0.6 is 23.7 Å². The number of piperazine rings is 1. The molecule has 0 bridgehead atoms. The van der Waals surface area contributed by atoms with E-state index in [0.717, 1.165) is 50.6 Å². The number of carbonyl (C=O) groups excluding carboxylic acids is 1. The van der Waals surface area contributed by atoms with Crippen LogP contribution in [0.3, 0.4) is 0 Å². The summed E-state index contributed by atoms with van der Waals surface area (Å²) < 4.78 is 0. The summed E-state index contributed by atoms with van der Waals surface area (Å²) in [6.07, 6.45) is 1.02. The molecule has 2 N–H and O–H groups in total. The lowest BCUT2D eigenvalue weighted by atomic mass is 10.3. The molecule has 0 aromatic carbocycles. The topological polar surface area (TPSA) is 44.4 Å². The molecule has 0 spiro atoms. The van der Waals surface area contributed by atoms with E-state index in [1.165, 1.54) is 4.88 Å². The van der Waals surface area contributed by atoms with Crippen LogP contribution in [0.5, 0.6) is 0 Å². The SMILES string of the molecule is Cc1ccc(C(=O)NCCCN2CCNCC2)s1.Cl. The molecule has 19 heavy (non-hydrogen) atoms. The zero-order valence-corrected chi connectivity index (χ0v) is 12.9. The largest absolute Gasteiger partial charge is 0.351 e. The molecule has 108 valence electrons. The van der Waals surface area contributed by atoms with E-state index >= 15 is 0 Å². The molecule has 4 nitrogen and oxygen atoms in total. The van der Waals surface area contributed by atoms with E-state index in [2.05, 4.69) is 15.5 Å². The zero-order chi connectivity index (χ0) is 12.8. The number of halogens is 1. The van der Waals surface area contributed by atoms with Crippen LogP contribution in [0.15, 0.2) is 12.1 Å². The Bertz CT molecular complexity index is 391. The molecular weight excluding hydrogens is 282 g/mol. The van der Waals surface area contributed by atoms with Crippen molar-refractivity contribution in [1.82, 2.24) is 15.5 Å². The van der Waals surface area contributed by atoms with Gasteiger partial charge in [0.2, 0.25) is 0 Å². The van der Waals surface area contributed by atoms with E-state index in [9.17, 15) is 4.79 Å². The summed E-state index contributed by atoms with van der Waals surface area (Å²) in [7, 11) is 0. The van der Waals surface area contributed by atoms with Crippen molar-refractivity contribution in [2.75, 3.05) is 39.3 Å². The summed E-state index contributed by atoms with van der Waals surface area (Å²) >= 11 is 1.55. The highest BCUT2D eigenvalue weighted by Crippen LogP contribution is 2.14. The highest BCUT2D eigenvalue weighted by Gasteiger charge is 2.10. The van der Waals surface area contributed by atoms with Gasteiger partial charge in [-0.3, -0.25) is 4.79 Å². The van der Waals surface area contributed by atoms with Gasteiger partial charge in [-0.25, -0.2) is 0 Å². The van der Waals surface area contributed by atoms with Crippen LogP contribution < -0.4 is 10.6 Å². The number of carbonyl (C=O) groups is 1. The summed E-state index contributed by atoms with van der Waals surface area (Å²) in [6, 6.07) is 3.88. The van der Waals surface area contributed by atoms with Crippen LogP contribution in [0.4, 0.5) is 0 Å². The smallest absolute Gasteiger partial charge is 0.261 e. The number of aryl methyl sites for hydroxylation is 1. The molecule has 1 aromatic heterocycles. The lowest BCUT2D eigenvalue weighted by molar-refractivity contribution is 0.0955. The van der Waals surface area contributed by atoms with Crippen molar-refractivity contribution in [3.8, 4) is 0 Å². The number of hydrogen-bond acceptors (Lipinski definition) is 4. The number of amides is 1. The highest BCUT2D eigenvalue weighted by molar-refractivity contribution is 7.13. The number of thiophene rings is 1. The minimum absolute atomic E-state index is 0. The molecule has 1 aliphatic heterocycles. The minimum Gasteiger partial charge on any atom is -0.351 e. The standard InChI is InChI=1S/C13H21N3OS.ClH/c1-11-3-4-12(18-11)13(17)15-5-2-8-16-9-6-14-7-10-16;/h3-4,14H,2,5-10H2,1H3,(H,15,17);1H.